The molecule has 2 heteroatoms. The number of furan rings is 1. The molecule has 1 aromatic heterocycles. The fourth-order valence-corrected chi connectivity index (χ4v) is 8.53. The van der Waals surface area contributed by atoms with Crippen LogP contribution in [0.15, 0.2) is 192 Å². The fraction of sp³-hybridized carbons (Fsp3) is 0.0588. The molecule has 10 rings (SSSR count). The summed E-state index contributed by atoms with van der Waals surface area (Å²) in [4.78, 5) is 2.46. The van der Waals surface area contributed by atoms with Gasteiger partial charge in [0.25, 0.3) is 0 Å². The van der Waals surface area contributed by atoms with Gasteiger partial charge in [-0.05, 0) is 92.5 Å². The van der Waals surface area contributed by atoms with Crippen molar-refractivity contribution in [1.82, 2.24) is 0 Å². The largest absolute Gasteiger partial charge is 0.456 e. The first kappa shape index (κ1) is 31.1. The van der Waals surface area contributed by atoms with Gasteiger partial charge in [-0.25, -0.2) is 0 Å². The SMILES string of the molecule is CC1(C)c2ccccc2-c2ccc(N(c3ccc(-c4ccccc4-c4ccccc4)cc3-c3ccccc3)c3cccc4oc5ccccc5c34)cc21. The molecule has 0 saturated heterocycles. The minimum atomic E-state index is -0.144. The van der Waals surface area contributed by atoms with Gasteiger partial charge in [0.1, 0.15) is 11.2 Å². The Kier molecular flexibility index (Phi) is 7.19. The monoisotopic (exact) mass is 679 g/mol. The Balaban J connectivity index is 1.25. The van der Waals surface area contributed by atoms with Crippen molar-refractivity contribution in [2.24, 2.45) is 0 Å². The molecule has 0 aliphatic heterocycles. The topological polar surface area (TPSA) is 16.4 Å². The van der Waals surface area contributed by atoms with E-state index in [1.54, 1.807) is 0 Å². The minimum Gasteiger partial charge on any atom is -0.456 e. The molecule has 0 atom stereocenters. The van der Waals surface area contributed by atoms with Gasteiger partial charge in [-0.2, -0.15) is 0 Å². The van der Waals surface area contributed by atoms with E-state index in [4.69, 9.17) is 4.42 Å². The number of hydrogen-bond donors (Lipinski definition) is 0. The molecule has 0 amide bonds. The molecule has 0 fully saturated rings. The molecule has 0 saturated carbocycles. The van der Waals surface area contributed by atoms with Gasteiger partial charge in [-0.3, -0.25) is 0 Å². The van der Waals surface area contributed by atoms with E-state index in [0.717, 1.165) is 50.1 Å². The number of rotatable bonds is 6. The average molecular weight is 680 g/mol. The van der Waals surface area contributed by atoms with E-state index in [0.29, 0.717) is 0 Å². The van der Waals surface area contributed by atoms with E-state index in [1.807, 2.05) is 6.07 Å². The second-order valence-electron chi connectivity index (χ2n) is 14.5. The maximum absolute atomic E-state index is 6.48. The Hall–Kier alpha value is -6.64. The van der Waals surface area contributed by atoms with Crippen molar-refractivity contribution in [3.63, 3.8) is 0 Å². The van der Waals surface area contributed by atoms with Crippen molar-refractivity contribution in [3.05, 3.63) is 199 Å². The van der Waals surface area contributed by atoms with Crippen LogP contribution in [0.1, 0.15) is 25.0 Å². The zero-order chi connectivity index (χ0) is 35.5. The summed E-state index contributed by atoms with van der Waals surface area (Å²) in [5, 5.41) is 2.20. The Morgan fingerprint density at radius 3 is 1.77 bits per heavy atom. The first-order valence-electron chi connectivity index (χ1n) is 18.4. The number of anilines is 3. The zero-order valence-electron chi connectivity index (χ0n) is 29.8. The number of fused-ring (bicyclic) bond motifs is 6. The third kappa shape index (κ3) is 5.02. The number of nitrogens with zero attached hydrogens (tertiary/aromatic N) is 1. The molecular formula is C51H37NO. The van der Waals surface area contributed by atoms with E-state index in [9.17, 15) is 0 Å². The molecule has 1 heterocycles. The van der Waals surface area contributed by atoms with Gasteiger partial charge in [0.2, 0.25) is 0 Å². The van der Waals surface area contributed by atoms with Crippen LogP contribution >= 0.6 is 0 Å². The summed E-state index contributed by atoms with van der Waals surface area (Å²) >= 11 is 0. The lowest BCUT2D eigenvalue weighted by Gasteiger charge is -2.30. The molecule has 2 nitrogen and oxygen atoms in total. The van der Waals surface area contributed by atoms with Gasteiger partial charge >= 0.3 is 0 Å². The summed E-state index contributed by atoms with van der Waals surface area (Å²) in [6, 6.07) is 67.9. The van der Waals surface area contributed by atoms with Crippen molar-refractivity contribution in [1.29, 1.82) is 0 Å². The Labute approximate surface area is 310 Å². The third-order valence-corrected chi connectivity index (χ3v) is 11.1. The lowest BCUT2D eigenvalue weighted by molar-refractivity contribution is 0.660. The molecule has 0 spiro atoms. The van der Waals surface area contributed by atoms with E-state index >= 15 is 0 Å². The average Bonchev–Trinajstić information content (AvgIpc) is 3.71. The predicted molar refractivity (Wildman–Crippen MR) is 222 cm³/mol. The summed E-state index contributed by atoms with van der Waals surface area (Å²) < 4.78 is 6.48. The predicted octanol–water partition coefficient (Wildman–Crippen LogP) is 14.4. The molecule has 0 N–H and O–H groups in total. The van der Waals surface area contributed by atoms with Gasteiger partial charge in [0.05, 0.1) is 16.8 Å². The van der Waals surface area contributed by atoms with Crippen molar-refractivity contribution in [3.8, 4) is 44.5 Å². The molecule has 1 aliphatic rings. The zero-order valence-corrected chi connectivity index (χ0v) is 29.8. The lowest BCUT2D eigenvalue weighted by atomic mass is 9.82. The molecule has 0 radical (unpaired) electrons. The Morgan fingerprint density at radius 1 is 0.396 bits per heavy atom. The fourth-order valence-electron chi connectivity index (χ4n) is 8.53. The summed E-state index contributed by atoms with van der Waals surface area (Å²) in [7, 11) is 0. The molecule has 1 aliphatic carbocycles. The second-order valence-corrected chi connectivity index (χ2v) is 14.5. The standard InChI is InChI=1S/C51H37NO/c1-51(2)44-24-13-11-22-40(44)41-30-29-37(33-45(41)51)52(47-25-15-27-49-50(47)42-23-12-14-26-48(42)53-49)46-31-28-36(32-43(46)35-18-7-4-8-19-35)39-21-10-9-20-38(39)34-16-5-3-6-17-34/h3-33H,1-2H3. The summed E-state index contributed by atoms with van der Waals surface area (Å²) in [5.74, 6) is 0. The Morgan fingerprint density at radius 2 is 1.00 bits per heavy atom. The molecule has 0 unspecified atom stereocenters. The second kappa shape index (κ2) is 12.3. The summed E-state index contributed by atoms with van der Waals surface area (Å²) in [5.41, 5.74) is 17.3. The highest BCUT2D eigenvalue weighted by Gasteiger charge is 2.36. The molecule has 53 heavy (non-hydrogen) atoms. The van der Waals surface area contributed by atoms with Crippen molar-refractivity contribution >= 4 is 39.0 Å². The van der Waals surface area contributed by atoms with E-state index in [-0.39, 0.29) is 5.41 Å². The van der Waals surface area contributed by atoms with Crippen molar-refractivity contribution < 1.29 is 4.42 Å². The highest BCUT2D eigenvalue weighted by Crippen LogP contribution is 2.52. The van der Waals surface area contributed by atoms with Gasteiger partial charge in [0.15, 0.2) is 0 Å². The summed E-state index contributed by atoms with van der Waals surface area (Å²) in [6.07, 6.45) is 0. The smallest absolute Gasteiger partial charge is 0.137 e. The number of para-hydroxylation sites is 1. The van der Waals surface area contributed by atoms with Crippen LogP contribution in [0, 0.1) is 0 Å². The maximum Gasteiger partial charge on any atom is 0.137 e. The van der Waals surface area contributed by atoms with Gasteiger partial charge in [-0.15, -0.1) is 0 Å². The highest BCUT2D eigenvalue weighted by atomic mass is 16.3. The van der Waals surface area contributed by atoms with Crippen molar-refractivity contribution in [2.45, 2.75) is 19.3 Å². The van der Waals surface area contributed by atoms with Crippen LogP contribution in [-0.4, -0.2) is 0 Å². The highest BCUT2D eigenvalue weighted by molar-refractivity contribution is 6.14. The summed E-state index contributed by atoms with van der Waals surface area (Å²) in [6.45, 7) is 4.70. The van der Waals surface area contributed by atoms with E-state index < -0.39 is 0 Å². The lowest BCUT2D eigenvalue weighted by Crippen LogP contribution is -2.17. The van der Waals surface area contributed by atoms with Crippen LogP contribution in [-0.2, 0) is 5.41 Å². The van der Waals surface area contributed by atoms with Gasteiger partial charge in [0, 0.05) is 22.1 Å². The van der Waals surface area contributed by atoms with Gasteiger partial charge < -0.3 is 9.32 Å². The van der Waals surface area contributed by atoms with Gasteiger partial charge in [-0.1, -0.05) is 159 Å². The molecule has 9 aromatic rings. The van der Waals surface area contributed by atoms with Crippen LogP contribution < -0.4 is 4.90 Å². The van der Waals surface area contributed by atoms with Crippen molar-refractivity contribution in [2.75, 3.05) is 4.90 Å². The van der Waals surface area contributed by atoms with E-state index in [1.165, 1.54) is 44.5 Å². The minimum absolute atomic E-state index is 0.144. The molecular weight excluding hydrogens is 643 g/mol. The first-order valence-corrected chi connectivity index (χ1v) is 18.4. The number of hydrogen-bond acceptors (Lipinski definition) is 2. The number of benzene rings is 8. The van der Waals surface area contributed by atoms with Crippen LogP contribution in [0.3, 0.4) is 0 Å². The first-order chi connectivity index (χ1) is 26.1. The normalized spacial score (nSPS) is 12.9. The van der Waals surface area contributed by atoms with Crippen LogP contribution in [0.4, 0.5) is 17.1 Å². The Bertz CT molecular complexity index is 2810. The maximum atomic E-state index is 6.48. The third-order valence-electron chi connectivity index (χ3n) is 11.1. The molecule has 8 aromatic carbocycles. The van der Waals surface area contributed by atoms with E-state index in [2.05, 4.69) is 201 Å². The molecule has 252 valence electrons. The van der Waals surface area contributed by atoms with Crippen LogP contribution in [0.5, 0.6) is 0 Å². The molecule has 0 bridgehead atoms. The van der Waals surface area contributed by atoms with Crippen LogP contribution in [0.2, 0.25) is 0 Å². The van der Waals surface area contributed by atoms with Crippen LogP contribution in [0.25, 0.3) is 66.4 Å². The quantitative estimate of drug-likeness (QED) is 0.174.